The van der Waals surface area contributed by atoms with Crippen LogP contribution in [0.5, 0.6) is 11.5 Å². The Morgan fingerprint density at radius 2 is 1.92 bits per heavy atom. The van der Waals surface area contributed by atoms with Crippen molar-refractivity contribution >= 4 is 34.9 Å². The molecule has 2 aromatic carbocycles. The Hall–Kier alpha value is -4.57. The Bertz CT molecular complexity index is 1600. The topological polar surface area (TPSA) is 133 Å². The standard InChI is InChI=1S/C26H21ClN6O4/c1-29-22-10-18(19(27)11-30-22)26(35)31-14-4-2-13-3-6-16-23(25(28)34)32-33(24(16)17(13)8-14)15-5-7-20-21(9-15)37-12-36-20/h2,4-5,7-11H,3,6,12H2,1H3,(H2,28,34)(H,29,30)(H,31,35). The highest BCUT2D eigenvalue weighted by Gasteiger charge is 2.29. The average molecular weight is 517 g/mol. The molecule has 0 fully saturated rings. The van der Waals surface area contributed by atoms with Crippen LogP contribution in [0.25, 0.3) is 16.9 Å². The van der Waals surface area contributed by atoms with Crippen molar-refractivity contribution in [2.45, 2.75) is 12.8 Å². The van der Waals surface area contributed by atoms with Crippen molar-refractivity contribution in [1.29, 1.82) is 0 Å². The van der Waals surface area contributed by atoms with Crippen molar-refractivity contribution in [2.24, 2.45) is 5.73 Å². The van der Waals surface area contributed by atoms with Crippen molar-refractivity contribution in [3.63, 3.8) is 0 Å². The van der Waals surface area contributed by atoms with Gasteiger partial charge in [0, 0.05) is 36.1 Å². The van der Waals surface area contributed by atoms with Gasteiger partial charge in [0.2, 0.25) is 6.79 Å². The van der Waals surface area contributed by atoms with Gasteiger partial charge in [0.25, 0.3) is 11.8 Å². The van der Waals surface area contributed by atoms with E-state index in [0.29, 0.717) is 47.1 Å². The molecule has 3 heterocycles. The maximum absolute atomic E-state index is 13.1. The van der Waals surface area contributed by atoms with E-state index in [2.05, 4.69) is 20.7 Å². The first-order valence-electron chi connectivity index (χ1n) is 11.5. The lowest BCUT2D eigenvalue weighted by atomic mass is 9.88. The van der Waals surface area contributed by atoms with Crippen LogP contribution in [0.1, 0.15) is 32.0 Å². The lowest BCUT2D eigenvalue weighted by Crippen LogP contribution is -2.16. The summed E-state index contributed by atoms with van der Waals surface area (Å²) in [5.74, 6) is 0.783. The third-order valence-electron chi connectivity index (χ3n) is 6.44. The SMILES string of the molecule is CNc1cc(C(=O)Nc2ccc3c(c2)-c2c(c(C(N)=O)nn2-c2ccc4c(c2)OCO4)CC3)c(Cl)cn1. The van der Waals surface area contributed by atoms with Gasteiger partial charge < -0.3 is 25.8 Å². The molecule has 1 aliphatic heterocycles. The van der Waals surface area contributed by atoms with Crippen LogP contribution in [0.3, 0.4) is 0 Å². The molecule has 4 N–H and O–H groups in total. The van der Waals surface area contributed by atoms with Crippen molar-refractivity contribution < 1.29 is 19.1 Å². The van der Waals surface area contributed by atoms with Crippen LogP contribution in [-0.2, 0) is 12.8 Å². The van der Waals surface area contributed by atoms with Gasteiger partial charge in [-0.25, -0.2) is 9.67 Å². The number of aromatic nitrogens is 3. The van der Waals surface area contributed by atoms with Crippen molar-refractivity contribution in [1.82, 2.24) is 14.8 Å². The van der Waals surface area contributed by atoms with Crippen molar-refractivity contribution in [3.05, 3.63) is 76.1 Å². The van der Waals surface area contributed by atoms with Crippen LogP contribution in [-0.4, -0.2) is 40.4 Å². The molecule has 2 aliphatic rings. The fourth-order valence-corrected chi connectivity index (χ4v) is 4.85. The molecule has 37 heavy (non-hydrogen) atoms. The predicted molar refractivity (Wildman–Crippen MR) is 138 cm³/mol. The molecule has 0 radical (unpaired) electrons. The smallest absolute Gasteiger partial charge is 0.269 e. The molecule has 1 aliphatic carbocycles. The van der Waals surface area contributed by atoms with E-state index in [1.165, 1.54) is 6.20 Å². The molecule has 4 aromatic rings. The van der Waals surface area contributed by atoms with E-state index in [9.17, 15) is 9.59 Å². The zero-order valence-electron chi connectivity index (χ0n) is 19.7. The lowest BCUT2D eigenvalue weighted by molar-refractivity contribution is 0.0992. The molecule has 0 unspecified atom stereocenters. The second kappa shape index (κ2) is 8.82. The van der Waals surface area contributed by atoms with Crippen LogP contribution >= 0.6 is 11.6 Å². The third kappa shape index (κ3) is 3.91. The summed E-state index contributed by atoms with van der Waals surface area (Å²) in [6.45, 7) is 0.145. The van der Waals surface area contributed by atoms with E-state index in [0.717, 1.165) is 22.4 Å². The maximum atomic E-state index is 13.1. The number of amides is 2. The zero-order chi connectivity index (χ0) is 25.7. The average Bonchev–Trinajstić information content (AvgIpc) is 3.53. The number of pyridine rings is 1. The van der Waals surface area contributed by atoms with Gasteiger partial charge in [-0.1, -0.05) is 17.7 Å². The molecule has 11 heteroatoms. The summed E-state index contributed by atoms with van der Waals surface area (Å²) in [5, 5.41) is 10.6. The van der Waals surface area contributed by atoms with E-state index in [4.69, 9.17) is 26.8 Å². The molecule has 6 rings (SSSR count). The van der Waals surface area contributed by atoms with Crippen LogP contribution in [0.15, 0.2) is 48.7 Å². The highest BCUT2D eigenvalue weighted by atomic mass is 35.5. The number of nitrogens with zero attached hydrogens (tertiary/aromatic N) is 3. The third-order valence-corrected chi connectivity index (χ3v) is 6.74. The zero-order valence-corrected chi connectivity index (χ0v) is 20.4. The molecule has 2 aromatic heterocycles. The van der Waals surface area contributed by atoms with E-state index >= 15 is 0 Å². The van der Waals surface area contributed by atoms with Gasteiger partial charge in [0.05, 0.1) is 22.0 Å². The second-order valence-corrected chi connectivity index (χ2v) is 9.02. The van der Waals surface area contributed by atoms with E-state index < -0.39 is 5.91 Å². The number of benzene rings is 2. The van der Waals surface area contributed by atoms with Gasteiger partial charge >= 0.3 is 0 Å². The number of nitrogens with one attached hydrogen (secondary N) is 2. The number of carbonyl (C=O) groups is 2. The van der Waals surface area contributed by atoms with Gasteiger partial charge in [-0.3, -0.25) is 9.59 Å². The summed E-state index contributed by atoms with van der Waals surface area (Å²) < 4.78 is 12.7. The summed E-state index contributed by atoms with van der Waals surface area (Å²) >= 11 is 6.23. The Kier molecular flexibility index (Phi) is 5.45. The summed E-state index contributed by atoms with van der Waals surface area (Å²) in [6, 6.07) is 12.7. The molecule has 0 spiro atoms. The number of hydrogen-bond acceptors (Lipinski definition) is 7. The van der Waals surface area contributed by atoms with E-state index in [1.807, 2.05) is 30.3 Å². The minimum absolute atomic E-state index is 0.145. The van der Waals surface area contributed by atoms with Crippen LogP contribution in [0.2, 0.25) is 5.02 Å². The van der Waals surface area contributed by atoms with Gasteiger partial charge in [-0.15, -0.1) is 0 Å². The largest absolute Gasteiger partial charge is 0.454 e. The number of carbonyl (C=O) groups excluding carboxylic acids is 2. The molecule has 0 saturated heterocycles. The Morgan fingerprint density at radius 1 is 1.08 bits per heavy atom. The number of anilines is 2. The Morgan fingerprint density at radius 3 is 2.73 bits per heavy atom. The Balaban J connectivity index is 1.43. The second-order valence-electron chi connectivity index (χ2n) is 8.61. The summed E-state index contributed by atoms with van der Waals surface area (Å²) in [4.78, 5) is 29.5. The number of rotatable bonds is 5. The lowest BCUT2D eigenvalue weighted by Gasteiger charge is -2.20. The van der Waals surface area contributed by atoms with Crippen LogP contribution in [0, 0.1) is 0 Å². The molecule has 0 bridgehead atoms. The maximum Gasteiger partial charge on any atom is 0.269 e. The van der Waals surface area contributed by atoms with Crippen LogP contribution in [0.4, 0.5) is 11.5 Å². The van der Waals surface area contributed by atoms with Gasteiger partial charge in [0.15, 0.2) is 17.2 Å². The summed E-state index contributed by atoms with van der Waals surface area (Å²) in [6.07, 6.45) is 2.73. The molecule has 10 nitrogen and oxygen atoms in total. The van der Waals surface area contributed by atoms with E-state index in [1.54, 1.807) is 23.9 Å². The van der Waals surface area contributed by atoms with Gasteiger partial charge in [-0.05, 0) is 48.7 Å². The van der Waals surface area contributed by atoms with Gasteiger partial charge in [0.1, 0.15) is 5.82 Å². The number of ether oxygens (including phenoxy) is 2. The number of primary amides is 1. The first-order valence-corrected chi connectivity index (χ1v) is 11.9. The fraction of sp³-hybridized carbons (Fsp3) is 0.154. The highest BCUT2D eigenvalue weighted by molar-refractivity contribution is 6.34. The molecule has 0 atom stereocenters. The normalized spacial score (nSPS) is 13.0. The predicted octanol–water partition coefficient (Wildman–Crippen LogP) is 3.81. The summed E-state index contributed by atoms with van der Waals surface area (Å²) in [5.41, 5.74) is 10.9. The first kappa shape index (κ1) is 22.9. The number of halogens is 1. The number of nitrogens with two attached hydrogens (primary N) is 1. The number of aryl methyl sites for hydroxylation is 1. The monoisotopic (exact) mass is 516 g/mol. The molecule has 186 valence electrons. The van der Waals surface area contributed by atoms with Gasteiger partial charge in [-0.2, -0.15) is 5.10 Å². The van der Waals surface area contributed by atoms with Crippen molar-refractivity contribution in [2.75, 3.05) is 24.5 Å². The van der Waals surface area contributed by atoms with E-state index in [-0.39, 0.29) is 23.4 Å². The quantitative estimate of drug-likeness (QED) is 0.367. The minimum atomic E-state index is -0.601. The fourth-order valence-electron chi connectivity index (χ4n) is 4.67. The minimum Gasteiger partial charge on any atom is -0.454 e. The number of hydrogen-bond donors (Lipinski definition) is 3. The van der Waals surface area contributed by atoms with Crippen molar-refractivity contribution in [3.8, 4) is 28.4 Å². The molecule has 2 amide bonds. The first-order chi connectivity index (χ1) is 17.9. The highest BCUT2D eigenvalue weighted by Crippen LogP contribution is 2.40. The molecule has 0 saturated carbocycles. The van der Waals surface area contributed by atoms with Crippen LogP contribution < -0.4 is 25.8 Å². The molecular formula is C26H21ClN6O4. The number of fused-ring (bicyclic) bond motifs is 4. The molecular weight excluding hydrogens is 496 g/mol. The summed E-state index contributed by atoms with van der Waals surface area (Å²) in [7, 11) is 1.71. The Labute approximate surface area is 216 Å².